The van der Waals surface area contributed by atoms with Gasteiger partial charge in [-0.05, 0) is 24.1 Å². The van der Waals surface area contributed by atoms with Crippen LogP contribution in [0.2, 0.25) is 0 Å². The summed E-state index contributed by atoms with van der Waals surface area (Å²) in [6.45, 7) is 1.77. The maximum Gasteiger partial charge on any atom is 0.159 e. The summed E-state index contributed by atoms with van der Waals surface area (Å²) in [5, 5.41) is 9.40. The summed E-state index contributed by atoms with van der Waals surface area (Å²) >= 11 is 0. The number of nitrogens with two attached hydrogens (primary N) is 1. The summed E-state index contributed by atoms with van der Waals surface area (Å²) in [7, 11) is 0. The van der Waals surface area contributed by atoms with Gasteiger partial charge in [-0.15, -0.1) is 0 Å². The highest BCUT2D eigenvalue weighted by molar-refractivity contribution is 5.21. The first-order chi connectivity index (χ1) is 6.56. The molecule has 0 aliphatic heterocycles. The van der Waals surface area contributed by atoms with Gasteiger partial charge in [-0.3, -0.25) is 0 Å². The van der Waals surface area contributed by atoms with Crippen molar-refractivity contribution >= 4 is 0 Å². The largest absolute Gasteiger partial charge is 0.391 e. The molecule has 78 valence electrons. The van der Waals surface area contributed by atoms with Gasteiger partial charge in [0.2, 0.25) is 0 Å². The highest BCUT2D eigenvalue weighted by atomic mass is 19.2. The lowest BCUT2D eigenvalue weighted by Crippen LogP contribution is -2.25. The number of hydrogen-bond donors (Lipinski definition) is 2. The predicted octanol–water partition coefficient (Wildman–Crippen LogP) is 1.74. The van der Waals surface area contributed by atoms with E-state index in [0.29, 0.717) is 12.0 Å². The summed E-state index contributed by atoms with van der Waals surface area (Å²) in [4.78, 5) is 0. The maximum atomic E-state index is 12.8. The van der Waals surface area contributed by atoms with Crippen molar-refractivity contribution in [2.75, 3.05) is 0 Å². The minimum Gasteiger partial charge on any atom is -0.391 e. The molecule has 1 aromatic carbocycles. The Labute approximate surface area is 81.4 Å². The monoisotopic (exact) mass is 201 g/mol. The van der Waals surface area contributed by atoms with Crippen LogP contribution in [0.5, 0.6) is 0 Å². The van der Waals surface area contributed by atoms with E-state index in [9.17, 15) is 13.9 Å². The van der Waals surface area contributed by atoms with E-state index >= 15 is 0 Å². The van der Waals surface area contributed by atoms with Crippen LogP contribution in [-0.2, 0) is 0 Å². The highest BCUT2D eigenvalue weighted by Gasteiger charge is 2.16. The zero-order chi connectivity index (χ0) is 10.7. The zero-order valence-electron chi connectivity index (χ0n) is 7.87. The standard InChI is InChI=1S/C10H13F2NO/c1-2-9(14)10(13)6-3-4-7(11)8(12)5-6/h3-5,9-10,14H,2,13H2,1H3/t9-,10+/m1/s1. The van der Waals surface area contributed by atoms with Gasteiger partial charge < -0.3 is 10.8 Å². The van der Waals surface area contributed by atoms with E-state index in [4.69, 9.17) is 5.73 Å². The lowest BCUT2D eigenvalue weighted by atomic mass is 10.0. The Kier molecular flexibility index (Phi) is 3.55. The maximum absolute atomic E-state index is 12.8. The van der Waals surface area contributed by atoms with E-state index in [1.54, 1.807) is 6.92 Å². The van der Waals surface area contributed by atoms with Crippen molar-refractivity contribution in [1.29, 1.82) is 0 Å². The molecule has 0 unspecified atom stereocenters. The molecular formula is C10H13F2NO. The molecule has 4 heteroatoms. The normalized spacial score (nSPS) is 15.2. The first-order valence-corrected chi connectivity index (χ1v) is 4.44. The van der Waals surface area contributed by atoms with Gasteiger partial charge in [-0.2, -0.15) is 0 Å². The summed E-state index contributed by atoms with van der Waals surface area (Å²) in [6, 6.07) is 2.73. The van der Waals surface area contributed by atoms with Crippen LogP contribution in [0.25, 0.3) is 0 Å². The molecule has 0 heterocycles. The van der Waals surface area contributed by atoms with Crippen LogP contribution in [0.4, 0.5) is 8.78 Å². The van der Waals surface area contributed by atoms with Gasteiger partial charge in [-0.25, -0.2) is 8.78 Å². The van der Waals surface area contributed by atoms with E-state index < -0.39 is 23.8 Å². The molecule has 1 rings (SSSR count). The van der Waals surface area contributed by atoms with Crippen LogP contribution in [0, 0.1) is 11.6 Å². The van der Waals surface area contributed by atoms with Gasteiger partial charge in [0.1, 0.15) is 0 Å². The van der Waals surface area contributed by atoms with Crippen molar-refractivity contribution in [1.82, 2.24) is 0 Å². The summed E-state index contributed by atoms with van der Waals surface area (Å²) in [5.74, 6) is -1.85. The number of benzene rings is 1. The van der Waals surface area contributed by atoms with Gasteiger partial charge >= 0.3 is 0 Å². The van der Waals surface area contributed by atoms with Gasteiger partial charge in [0.25, 0.3) is 0 Å². The van der Waals surface area contributed by atoms with Crippen molar-refractivity contribution < 1.29 is 13.9 Å². The lowest BCUT2D eigenvalue weighted by Gasteiger charge is -2.17. The van der Waals surface area contributed by atoms with Crippen LogP contribution < -0.4 is 5.73 Å². The van der Waals surface area contributed by atoms with Gasteiger partial charge in [-0.1, -0.05) is 13.0 Å². The Bertz CT molecular complexity index is 317. The number of hydrogen-bond acceptors (Lipinski definition) is 2. The third-order valence-electron chi connectivity index (χ3n) is 2.16. The molecule has 2 nitrogen and oxygen atoms in total. The number of rotatable bonds is 3. The van der Waals surface area contributed by atoms with Crippen LogP contribution in [0.1, 0.15) is 24.9 Å². The van der Waals surface area contributed by atoms with Gasteiger partial charge in [0.05, 0.1) is 12.1 Å². The second-order valence-electron chi connectivity index (χ2n) is 3.17. The van der Waals surface area contributed by atoms with E-state index in [1.165, 1.54) is 6.07 Å². The molecule has 0 saturated heterocycles. The van der Waals surface area contributed by atoms with E-state index in [0.717, 1.165) is 12.1 Å². The number of aliphatic hydroxyl groups is 1. The first-order valence-electron chi connectivity index (χ1n) is 4.44. The molecule has 0 saturated carbocycles. The second-order valence-corrected chi connectivity index (χ2v) is 3.17. The smallest absolute Gasteiger partial charge is 0.159 e. The first kappa shape index (κ1) is 11.1. The Balaban J connectivity index is 2.91. The molecule has 2 atom stereocenters. The Morgan fingerprint density at radius 1 is 1.36 bits per heavy atom. The topological polar surface area (TPSA) is 46.2 Å². The molecule has 14 heavy (non-hydrogen) atoms. The van der Waals surface area contributed by atoms with Crippen molar-refractivity contribution in [2.45, 2.75) is 25.5 Å². The molecule has 3 N–H and O–H groups in total. The van der Waals surface area contributed by atoms with E-state index in [-0.39, 0.29) is 0 Å². The van der Waals surface area contributed by atoms with Crippen molar-refractivity contribution in [3.8, 4) is 0 Å². The van der Waals surface area contributed by atoms with Crippen molar-refractivity contribution in [3.05, 3.63) is 35.4 Å². The number of aliphatic hydroxyl groups excluding tert-OH is 1. The molecule has 0 bridgehead atoms. The zero-order valence-corrected chi connectivity index (χ0v) is 7.87. The van der Waals surface area contributed by atoms with E-state index in [1.807, 2.05) is 0 Å². The summed E-state index contributed by atoms with van der Waals surface area (Å²) in [5.41, 5.74) is 6.03. The van der Waals surface area contributed by atoms with Gasteiger partial charge in [0.15, 0.2) is 11.6 Å². The Morgan fingerprint density at radius 3 is 2.50 bits per heavy atom. The Hall–Kier alpha value is -1.00. The fraction of sp³-hybridized carbons (Fsp3) is 0.400. The van der Waals surface area contributed by atoms with Crippen LogP contribution >= 0.6 is 0 Å². The van der Waals surface area contributed by atoms with Crippen molar-refractivity contribution in [2.24, 2.45) is 5.73 Å². The third kappa shape index (κ3) is 2.27. The van der Waals surface area contributed by atoms with Crippen LogP contribution in [0.15, 0.2) is 18.2 Å². The minimum atomic E-state index is -0.943. The minimum absolute atomic E-state index is 0.401. The molecule has 0 amide bonds. The summed E-state index contributed by atoms with van der Waals surface area (Å²) < 4.78 is 25.4. The predicted molar refractivity (Wildman–Crippen MR) is 49.6 cm³/mol. The highest BCUT2D eigenvalue weighted by Crippen LogP contribution is 2.18. The summed E-state index contributed by atoms with van der Waals surface area (Å²) in [6.07, 6.45) is -0.264. The SMILES string of the molecule is CC[C@@H](O)[C@@H](N)c1ccc(F)c(F)c1. The fourth-order valence-electron chi connectivity index (χ4n) is 1.20. The fourth-order valence-corrected chi connectivity index (χ4v) is 1.20. The average Bonchev–Trinajstić information content (AvgIpc) is 2.20. The molecule has 0 aliphatic carbocycles. The molecule has 0 spiro atoms. The molecule has 1 aromatic rings. The Morgan fingerprint density at radius 2 is 2.00 bits per heavy atom. The molecule has 0 fully saturated rings. The van der Waals surface area contributed by atoms with E-state index in [2.05, 4.69) is 0 Å². The molecule has 0 aliphatic rings. The molecule has 0 aromatic heterocycles. The molecule has 0 radical (unpaired) electrons. The van der Waals surface area contributed by atoms with Crippen LogP contribution in [0.3, 0.4) is 0 Å². The van der Waals surface area contributed by atoms with Crippen molar-refractivity contribution in [3.63, 3.8) is 0 Å². The lowest BCUT2D eigenvalue weighted by molar-refractivity contribution is 0.140. The quantitative estimate of drug-likeness (QED) is 0.782. The van der Waals surface area contributed by atoms with Crippen LogP contribution in [-0.4, -0.2) is 11.2 Å². The molecular weight excluding hydrogens is 188 g/mol. The number of halogens is 2. The van der Waals surface area contributed by atoms with Gasteiger partial charge in [0, 0.05) is 0 Å². The average molecular weight is 201 g/mol. The second kappa shape index (κ2) is 4.48. The third-order valence-corrected chi connectivity index (χ3v) is 2.16.